The van der Waals surface area contributed by atoms with Crippen LogP contribution in [0.25, 0.3) is 0 Å². The Morgan fingerprint density at radius 1 is 1.57 bits per heavy atom. The molecule has 0 aromatic carbocycles. The minimum absolute atomic E-state index is 0.104. The van der Waals surface area contributed by atoms with Crippen LogP contribution in [0.3, 0.4) is 0 Å². The molecule has 2 rings (SSSR count). The van der Waals surface area contributed by atoms with Gasteiger partial charge in [0.15, 0.2) is 0 Å². The summed E-state index contributed by atoms with van der Waals surface area (Å²) in [5, 5.41) is 3.30. The van der Waals surface area contributed by atoms with Crippen LogP contribution in [-0.2, 0) is 0 Å². The summed E-state index contributed by atoms with van der Waals surface area (Å²) in [6, 6.07) is 1.98. The first-order chi connectivity index (χ1) is 6.75. The highest BCUT2D eigenvalue weighted by atomic mass is 16.1. The molecule has 0 aliphatic heterocycles. The van der Waals surface area contributed by atoms with Gasteiger partial charge >= 0.3 is 0 Å². The van der Waals surface area contributed by atoms with E-state index < -0.39 is 0 Å². The van der Waals surface area contributed by atoms with Crippen molar-refractivity contribution in [1.82, 2.24) is 9.97 Å². The van der Waals surface area contributed by atoms with E-state index in [0.717, 1.165) is 0 Å². The molecule has 2 N–H and O–H groups in total. The third-order valence-corrected chi connectivity index (χ3v) is 2.87. The van der Waals surface area contributed by atoms with E-state index in [9.17, 15) is 4.79 Å². The topological polar surface area (TPSA) is 57.8 Å². The van der Waals surface area contributed by atoms with Crippen LogP contribution in [-0.4, -0.2) is 16.0 Å². The minimum Gasteiger partial charge on any atom is -0.367 e. The van der Waals surface area contributed by atoms with Crippen molar-refractivity contribution in [3.63, 3.8) is 0 Å². The first-order valence-electron chi connectivity index (χ1n) is 5.07. The average molecular weight is 193 g/mol. The number of anilines is 1. The summed E-state index contributed by atoms with van der Waals surface area (Å²) < 4.78 is 0. The molecule has 2 unspecified atom stereocenters. The van der Waals surface area contributed by atoms with Gasteiger partial charge in [-0.05, 0) is 18.8 Å². The van der Waals surface area contributed by atoms with Crippen molar-refractivity contribution in [2.24, 2.45) is 5.92 Å². The zero-order valence-electron chi connectivity index (χ0n) is 8.29. The number of H-pyrrole nitrogens is 1. The largest absolute Gasteiger partial charge is 0.367 e. The number of hydrogen-bond acceptors (Lipinski definition) is 3. The molecule has 0 bridgehead atoms. The normalized spacial score (nSPS) is 26.4. The van der Waals surface area contributed by atoms with Crippen LogP contribution in [0.15, 0.2) is 17.2 Å². The number of rotatable bonds is 2. The molecule has 1 aromatic rings. The predicted molar refractivity (Wildman–Crippen MR) is 55.3 cm³/mol. The lowest BCUT2D eigenvalue weighted by molar-refractivity contribution is 0.554. The fourth-order valence-corrected chi connectivity index (χ4v) is 2.00. The van der Waals surface area contributed by atoms with Crippen LogP contribution in [0.2, 0.25) is 0 Å². The van der Waals surface area contributed by atoms with Gasteiger partial charge in [0.1, 0.15) is 5.82 Å². The highest BCUT2D eigenvalue weighted by Crippen LogP contribution is 2.26. The Morgan fingerprint density at radius 3 is 3.07 bits per heavy atom. The Morgan fingerprint density at radius 2 is 2.43 bits per heavy atom. The van der Waals surface area contributed by atoms with Gasteiger partial charge in [0.25, 0.3) is 5.56 Å². The Bertz CT molecular complexity index is 360. The molecule has 2 atom stereocenters. The number of aromatic nitrogens is 2. The van der Waals surface area contributed by atoms with E-state index in [-0.39, 0.29) is 5.56 Å². The number of nitrogens with zero attached hydrogens (tertiary/aromatic N) is 1. The summed E-state index contributed by atoms with van der Waals surface area (Å²) in [5.41, 5.74) is -0.104. The summed E-state index contributed by atoms with van der Waals surface area (Å²) >= 11 is 0. The van der Waals surface area contributed by atoms with Gasteiger partial charge < -0.3 is 10.3 Å². The molecule has 0 spiro atoms. The van der Waals surface area contributed by atoms with Gasteiger partial charge in [-0.1, -0.05) is 13.3 Å². The molecule has 14 heavy (non-hydrogen) atoms. The molecule has 1 aromatic heterocycles. The van der Waals surface area contributed by atoms with Gasteiger partial charge in [0, 0.05) is 12.1 Å². The second-order valence-corrected chi connectivity index (χ2v) is 3.96. The summed E-state index contributed by atoms with van der Waals surface area (Å²) in [6.07, 6.45) is 5.14. The summed E-state index contributed by atoms with van der Waals surface area (Å²) in [7, 11) is 0. The Labute approximate surface area is 82.8 Å². The molecule has 1 aliphatic carbocycles. The lowest BCUT2D eigenvalue weighted by atomic mass is 10.1. The minimum atomic E-state index is -0.104. The molecule has 4 nitrogen and oxygen atoms in total. The molecule has 1 fully saturated rings. The number of nitrogens with one attached hydrogen (secondary N) is 2. The third kappa shape index (κ3) is 1.95. The van der Waals surface area contributed by atoms with Crippen molar-refractivity contribution < 1.29 is 0 Å². The van der Waals surface area contributed by atoms with E-state index in [0.29, 0.717) is 17.8 Å². The van der Waals surface area contributed by atoms with E-state index in [1.165, 1.54) is 31.7 Å². The molecule has 1 heterocycles. The van der Waals surface area contributed by atoms with Crippen LogP contribution < -0.4 is 10.9 Å². The highest BCUT2D eigenvalue weighted by molar-refractivity contribution is 5.33. The number of hydrogen-bond donors (Lipinski definition) is 2. The Hall–Kier alpha value is -1.32. The fraction of sp³-hybridized carbons (Fsp3) is 0.600. The smallest absolute Gasteiger partial charge is 0.252 e. The molecular weight excluding hydrogens is 178 g/mol. The SMILES string of the molecule is CC1CCCC1Nc1cc(=O)[nH]cn1. The maximum absolute atomic E-state index is 11.0. The maximum Gasteiger partial charge on any atom is 0.252 e. The summed E-state index contributed by atoms with van der Waals surface area (Å²) in [6.45, 7) is 2.23. The van der Waals surface area contributed by atoms with Crippen molar-refractivity contribution >= 4 is 5.82 Å². The maximum atomic E-state index is 11.0. The highest BCUT2D eigenvalue weighted by Gasteiger charge is 2.23. The van der Waals surface area contributed by atoms with Crippen molar-refractivity contribution in [2.75, 3.05) is 5.32 Å². The third-order valence-electron chi connectivity index (χ3n) is 2.87. The predicted octanol–water partition coefficient (Wildman–Crippen LogP) is 1.37. The summed E-state index contributed by atoms with van der Waals surface area (Å²) in [4.78, 5) is 17.6. The average Bonchev–Trinajstić information content (AvgIpc) is 2.52. The molecular formula is C10H15N3O. The quantitative estimate of drug-likeness (QED) is 0.745. The zero-order valence-corrected chi connectivity index (χ0v) is 8.29. The van der Waals surface area contributed by atoms with Gasteiger partial charge in [0.05, 0.1) is 6.33 Å². The van der Waals surface area contributed by atoms with Gasteiger partial charge in [-0.15, -0.1) is 0 Å². The Kier molecular flexibility index (Phi) is 2.52. The van der Waals surface area contributed by atoms with E-state index in [1.54, 1.807) is 0 Å². The molecule has 76 valence electrons. The second-order valence-electron chi connectivity index (χ2n) is 3.96. The molecule has 0 radical (unpaired) electrons. The fourth-order valence-electron chi connectivity index (χ4n) is 2.00. The molecule has 1 aliphatic rings. The van der Waals surface area contributed by atoms with Crippen LogP contribution in [0.4, 0.5) is 5.82 Å². The van der Waals surface area contributed by atoms with E-state index in [4.69, 9.17) is 0 Å². The molecule has 1 saturated carbocycles. The van der Waals surface area contributed by atoms with Gasteiger partial charge in [-0.2, -0.15) is 0 Å². The van der Waals surface area contributed by atoms with E-state index in [2.05, 4.69) is 22.2 Å². The first kappa shape index (κ1) is 9.24. The van der Waals surface area contributed by atoms with Crippen molar-refractivity contribution in [3.05, 3.63) is 22.7 Å². The molecule has 0 saturated heterocycles. The lowest BCUT2D eigenvalue weighted by Crippen LogP contribution is -2.23. The molecule has 4 heteroatoms. The standard InChI is InChI=1S/C10H15N3O/c1-7-3-2-4-8(7)13-9-5-10(14)12-6-11-9/h5-8H,2-4H2,1H3,(H2,11,12,13,14). The van der Waals surface area contributed by atoms with E-state index in [1.807, 2.05) is 0 Å². The van der Waals surface area contributed by atoms with Crippen molar-refractivity contribution in [2.45, 2.75) is 32.2 Å². The van der Waals surface area contributed by atoms with Crippen molar-refractivity contribution in [1.29, 1.82) is 0 Å². The van der Waals surface area contributed by atoms with E-state index >= 15 is 0 Å². The molecule has 0 amide bonds. The van der Waals surface area contributed by atoms with Crippen molar-refractivity contribution in [3.8, 4) is 0 Å². The number of aromatic amines is 1. The van der Waals surface area contributed by atoms with Crippen LogP contribution in [0, 0.1) is 5.92 Å². The Balaban J connectivity index is 2.07. The van der Waals surface area contributed by atoms with Crippen LogP contribution >= 0.6 is 0 Å². The monoisotopic (exact) mass is 193 g/mol. The first-order valence-corrected chi connectivity index (χ1v) is 5.07. The van der Waals surface area contributed by atoms with Gasteiger partial charge in [0.2, 0.25) is 0 Å². The van der Waals surface area contributed by atoms with Gasteiger partial charge in [-0.25, -0.2) is 4.98 Å². The second kappa shape index (κ2) is 3.82. The lowest BCUT2D eigenvalue weighted by Gasteiger charge is -2.17. The van der Waals surface area contributed by atoms with Crippen LogP contribution in [0.1, 0.15) is 26.2 Å². The van der Waals surface area contributed by atoms with Crippen LogP contribution in [0.5, 0.6) is 0 Å². The summed E-state index contributed by atoms with van der Waals surface area (Å²) in [5.74, 6) is 1.36. The van der Waals surface area contributed by atoms with Gasteiger partial charge in [-0.3, -0.25) is 4.79 Å². The zero-order chi connectivity index (χ0) is 9.97.